The Hall–Kier alpha value is -4.17. The second-order valence-electron chi connectivity index (χ2n) is 11.0. The molecule has 4 aliphatic heterocycles. The molecule has 0 unspecified atom stereocenters. The van der Waals surface area contributed by atoms with E-state index < -0.39 is 11.9 Å². The van der Waals surface area contributed by atoms with Gasteiger partial charge in [0.1, 0.15) is 0 Å². The summed E-state index contributed by atoms with van der Waals surface area (Å²) in [6, 6.07) is 0. The van der Waals surface area contributed by atoms with Crippen molar-refractivity contribution in [3.8, 4) is 0 Å². The molecule has 8 nitrogen and oxygen atoms in total. The standard InChI is InChI=1S/C34H34N4O4.ClH.Fe/c1-7-21-17(3)25-13-26-19(5)23(9-11-33(39)40)31(37-26)16-32-24(10-12-34(41)42)20(6)28(38-32)15-30-22(8-2)18(4)27(36-30)14-29(21)35-25;;/h7-8,13-16H,1-2,9-12H2,3-6H3,(H4,35,36,37,38,39,40,41,42);1H;/q;;+2/p-2/b25-13?,26-13-,27-14?,28-15-,29-14-,30-15?,31-16-,32-16?;;. The molecule has 0 amide bonds. The average Bonchev–Trinajstić information content (AvgIpc) is 3.58. The van der Waals surface area contributed by atoms with Gasteiger partial charge in [-0.15, -0.1) is 12.4 Å². The maximum absolute atomic E-state index is 11.8. The minimum Gasteiger partial charge on any atom is -0.147 e. The molecule has 6 rings (SSSR count). The van der Waals surface area contributed by atoms with Crippen LogP contribution in [0.2, 0.25) is 0 Å². The zero-order valence-electron chi connectivity index (χ0n) is 25.0. The first-order valence-corrected chi connectivity index (χ1v) is 15.1. The van der Waals surface area contributed by atoms with Crippen molar-refractivity contribution in [3.05, 3.63) is 97.3 Å². The van der Waals surface area contributed by atoms with Crippen LogP contribution < -0.4 is 10.7 Å². The summed E-state index contributed by atoms with van der Waals surface area (Å²) in [4.78, 5) is 33.4. The number of halogens is 1. The monoisotopic (exact) mass is 652 g/mol. The van der Waals surface area contributed by atoms with Gasteiger partial charge in [-0.1, -0.05) is 0 Å². The number of carboxylic acids is 2. The van der Waals surface area contributed by atoms with E-state index in [1.807, 2.05) is 39.0 Å². The van der Waals surface area contributed by atoms with Gasteiger partial charge in [-0.25, -0.2) is 0 Å². The molecule has 0 saturated carbocycles. The fourth-order valence-corrected chi connectivity index (χ4v) is 7.77. The Kier molecular flexibility index (Phi) is 8.33. The first kappa shape index (κ1) is 31.3. The maximum Gasteiger partial charge on any atom is -0.147 e. The Morgan fingerprint density at radius 3 is 2.09 bits per heavy atom. The van der Waals surface area contributed by atoms with Crippen LogP contribution in [0.5, 0.6) is 0 Å². The summed E-state index contributed by atoms with van der Waals surface area (Å²) in [5, 5.41) is 21.0. The van der Waals surface area contributed by atoms with E-state index in [9.17, 15) is 19.8 Å². The third-order valence-corrected chi connectivity index (χ3v) is 10.1. The van der Waals surface area contributed by atoms with Crippen LogP contribution in [0.25, 0.3) is 30.4 Å². The third-order valence-electron chi connectivity index (χ3n) is 8.55. The second kappa shape index (κ2) is 11.7. The fourth-order valence-electron chi connectivity index (χ4n) is 6.14. The van der Waals surface area contributed by atoms with Gasteiger partial charge in [-0.2, -0.15) is 0 Å². The fraction of sp³-hybridized carbons (Fsp3) is 0.235. The molecule has 0 atom stereocenters. The van der Waals surface area contributed by atoms with Crippen molar-refractivity contribution in [2.75, 3.05) is 0 Å². The van der Waals surface area contributed by atoms with E-state index in [0.29, 0.717) is 33.9 Å². The van der Waals surface area contributed by atoms with Crippen LogP contribution in [0.3, 0.4) is 0 Å². The number of fused-ring (bicyclic) bond motifs is 2. The predicted octanol–water partition coefficient (Wildman–Crippen LogP) is 5.16. The number of aromatic nitrogens is 2. The van der Waals surface area contributed by atoms with Gasteiger partial charge in [-0.3, -0.25) is 0 Å². The number of carbonyl (C=O) groups is 2. The molecule has 2 N–H and O–H groups in total. The molecule has 0 aromatic carbocycles. The molecule has 2 aromatic heterocycles. The molecule has 0 aliphatic carbocycles. The van der Waals surface area contributed by atoms with Crippen molar-refractivity contribution < 1.29 is 35.2 Å². The third kappa shape index (κ3) is 4.95. The van der Waals surface area contributed by atoms with Crippen molar-refractivity contribution in [1.82, 2.24) is 7.17 Å². The van der Waals surface area contributed by atoms with Gasteiger partial charge in [0.15, 0.2) is 0 Å². The van der Waals surface area contributed by atoms with E-state index in [1.165, 1.54) is 0 Å². The van der Waals surface area contributed by atoms with Crippen LogP contribution in [-0.2, 0) is 31.4 Å². The number of rotatable bonds is 8. The molecule has 0 spiro atoms. The molecular weight excluding hydrogens is 620 g/mol. The Morgan fingerprint density at radius 1 is 0.795 bits per heavy atom. The number of nitrogens with zero attached hydrogens (tertiary/aromatic N) is 4. The van der Waals surface area contributed by atoms with Crippen molar-refractivity contribution >= 4 is 66.1 Å². The van der Waals surface area contributed by atoms with Gasteiger partial charge in [0.2, 0.25) is 0 Å². The molecule has 0 radical (unpaired) electrons. The molecular formula is C34H33ClFeN4O4. The molecule has 44 heavy (non-hydrogen) atoms. The van der Waals surface area contributed by atoms with Crippen LogP contribution in [0.1, 0.15) is 66.8 Å². The Labute approximate surface area is 268 Å². The molecule has 6 heterocycles. The normalized spacial score (nSPS) is 20.3. The average molecular weight is 653 g/mol. The minimum atomic E-state index is -0.868. The Bertz CT molecular complexity index is 2030. The summed E-state index contributed by atoms with van der Waals surface area (Å²) >= 11 is 0.463. The molecule has 0 saturated heterocycles. The maximum atomic E-state index is 11.8. The Morgan fingerprint density at radius 2 is 1.43 bits per heavy atom. The number of hydrogen-bond donors (Lipinski definition) is 2. The molecule has 6 bridgehead atoms. The first-order chi connectivity index (χ1) is 20.5. The van der Waals surface area contributed by atoms with E-state index in [0.717, 1.165) is 83.7 Å². The smallest absolute Gasteiger partial charge is 0.147 e. The van der Waals surface area contributed by atoms with Gasteiger partial charge < -0.3 is 0 Å². The number of hydrogen-bond acceptors (Lipinski definition) is 4. The van der Waals surface area contributed by atoms with Crippen molar-refractivity contribution in [2.24, 2.45) is 9.98 Å². The van der Waals surface area contributed by atoms with E-state index >= 15 is 0 Å². The minimum absolute atomic E-state index is 0. The van der Waals surface area contributed by atoms with E-state index in [1.54, 1.807) is 0 Å². The SMILES string of the molecule is C=CC1=C(C)C2=NC/1=C\c1c(C)c(C=C)c3[n]1[Fe][n]1/c(c(C)c(CCC(=O)O)/c1=C/C1=NC(=C\3)/C(C)=C1CCC(=O)O)=C\2.Cl. The topological polar surface area (TPSA) is 109 Å². The van der Waals surface area contributed by atoms with Crippen molar-refractivity contribution in [2.45, 2.75) is 53.4 Å². The molecule has 4 aliphatic rings. The predicted molar refractivity (Wildman–Crippen MR) is 174 cm³/mol. The number of allylic oxidation sites excluding steroid dienone is 4. The van der Waals surface area contributed by atoms with Crippen LogP contribution >= 0.6 is 12.4 Å². The summed E-state index contributed by atoms with van der Waals surface area (Å²) in [6.07, 6.45) is 12.7. The zero-order chi connectivity index (χ0) is 30.7. The van der Waals surface area contributed by atoms with Crippen molar-refractivity contribution in [1.29, 1.82) is 0 Å². The Balaban J connectivity index is 0.00000384. The quantitative estimate of drug-likeness (QED) is 0.384. The summed E-state index contributed by atoms with van der Waals surface area (Å²) < 4.78 is 4.47. The zero-order valence-corrected chi connectivity index (χ0v) is 26.9. The number of aliphatic imine (C=N–C) groups is 2. The molecule has 228 valence electrons. The number of carboxylic acid groups (broad SMARTS) is 2. The van der Waals surface area contributed by atoms with Gasteiger partial charge in [0, 0.05) is 0 Å². The summed E-state index contributed by atoms with van der Waals surface area (Å²) in [5.74, 6) is -1.74. The largest absolute Gasteiger partial charge is 0.147 e. The molecule has 2 aromatic rings. The first-order valence-electron chi connectivity index (χ1n) is 14.1. The van der Waals surface area contributed by atoms with Crippen LogP contribution in [0.15, 0.2) is 62.9 Å². The van der Waals surface area contributed by atoms with Crippen LogP contribution in [-0.4, -0.2) is 40.7 Å². The summed E-state index contributed by atoms with van der Waals surface area (Å²) in [6.45, 7) is 16.4. The van der Waals surface area contributed by atoms with Crippen LogP contribution in [0.4, 0.5) is 0 Å². The molecule has 10 heteroatoms. The van der Waals surface area contributed by atoms with E-state index in [4.69, 9.17) is 9.98 Å². The van der Waals surface area contributed by atoms with Gasteiger partial charge in [0.25, 0.3) is 0 Å². The summed E-state index contributed by atoms with van der Waals surface area (Å²) in [5.41, 5.74) is 12.9. The number of aliphatic carboxylic acids is 2. The van der Waals surface area contributed by atoms with E-state index in [2.05, 4.69) is 45.5 Å². The van der Waals surface area contributed by atoms with Gasteiger partial charge >= 0.3 is 257 Å². The molecule has 0 fully saturated rings. The van der Waals surface area contributed by atoms with Crippen molar-refractivity contribution in [3.63, 3.8) is 0 Å². The van der Waals surface area contributed by atoms with Crippen LogP contribution in [0, 0.1) is 13.8 Å². The summed E-state index contributed by atoms with van der Waals surface area (Å²) in [7, 11) is 0. The van der Waals surface area contributed by atoms with E-state index in [-0.39, 0.29) is 25.2 Å². The van der Waals surface area contributed by atoms with Gasteiger partial charge in [0.05, 0.1) is 0 Å². The second-order valence-corrected chi connectivity index (χ2v) is 12.2. The van der Waals surface area contributed by atoms with Gasteiger partial charge in [-0.05, 0) is 0 Å².